The molecule has 3 aromatic rings. The van der Waals surface area contributed by atoms with Crippen molar-refractivity contribution in [1.82, 2.24) is 5.32 Å². The molecule has 1 heterocycles. The lowest BCUT2D eigenvalue weighted by molar-refractivity contribution is 0.176. The van der Waals surface area contributed by atoms with E-state index < -0.39 is 6.09 Å². The summed E-state index contributed by atoms with van der Waals surface area (Å²) in [5.41, 5.74) is 3.72. The second-order valence-electron chi connectivity index (χ2n) is 6.37. The third kappa shape index (κ3) is 3.87. The fourth-order valence-corrected chi connectivity index (χ4v) is 3.10. The van der Waals surface area contributed by atoms with Crippen molar-refractivity contribution in [3.8, 4) is 22.6 Å². The lowest BCUT2D eigenvalue weighted by Gasteiger charge is -2.17. The number of nitrogens with one attached hydrogen (secondary N) is 1. The smallest absolute Gasteiger partial charge is 0.407 e. The Hall–Kier alpha value is -3.47. The van der Waals surface area contributed by atoms with Crippen molar-refractivity contribution in [1.29, 1.82) is 0 Å². The molecule has 5 heteroatoms. The average Bonchev–Trinajstić information content (AvgIpc) is 3.13. The molecule has 1 aliphatic rings. The minimum absolute atomic E-state index is 0.208. The van der Waals surface area contributed by atoms with Crippen molar-refractivity contribution < 1.29 is 19.4 Å². The van der Waals surface area contributed by atoms with Crippen molar-refractivity contribution in [3.05, 3.63) is 83.9 Å². The van der Waals surface area contributed by atoms with Crippen molar-refractivity contribution in [3.63, 3.8) is 0 Å². The molecule has 136 valence electrons. The van der Waals surface area contributed by atoms with Gasteiger partial charge in [-0.15, -0.1) is 0 Å². The van der Waals surface area contributed by atoms with E-state index in [0.717, 1.165) is 22.3 Å². The molecule has 0 aromatic heterocycles. The summed E-state index contributed by atoms with van der Waals surface area (Å²) in [5, 5.41) is 12.6. The van der Waals surface area contributed by atoms with Crippen LogP contribution >= 0.6 is 0 Å². The van der Waals surface area contributed by atoms with Gasteiger partial charge in [0.1, 0.15) is 24.7 Å². The van der Waals surface area contributed by atoms with Gasteiger partial charge in [0.25, 0.3) is 0 Å². The van der Waals surface area contributed by atoms with E-state index in [2.05, 4.69) is 5.32 Å². The number of hydrogen-bond donors (Lipinski definition) is 2. The van der Waals surface area contributed by atoms with Crippen LogP contribution in [0.1, 0.15) is 17.2 Å². The molecule has 1 fully saturated rings. The quantitative estimate of drug-likeness (QED) is 0.706. The summed E-state index contributed by atoms with van der Waals surface area (Å²) in [6.07, 6.45) is -0.425. The number of carbonyl (C=O) groups is 1. The first-order valence-corrected chi connectivity index (χ1v) is 8.72. The summed E-state index contributed by atoms with van der Waals surface area (Å²) in [5.74, 6) is 0.885. The summed E-state index contributed by atoms with van der Waals surface area (Å²) in [4.78, 5) is 11.4. The molecule has 5 nitrogen and oxygen atoms in total. The minimum Gasteiger partial charge on any atom is -0.508 e. The van der Waals surface area contributed by atoms with Gasteiger partial charge in [0, 0.05) is 5.56 Å². The third-order valence-corrected chi connectivity index (χ3v) is 4.48. The molecule has 0 saturated carbocycles. The zero-order chi connectivity index (χ0) is 18.6. The molecule has 4 rings (SSSR count). The van der Waals surface area contributed by atoms with Gasteiger partial charge in [0.15, 0.2) is 0 Å². The molecule has 1 aliphatic heterocycles. The van der Waals surface area contributed by atoms with Gasteiger partial charge in [-0.05, 0) is 34.9 Å². The number of carbonyl (C=O) groups excluding carboxylic acids is 1. The molecule has 0 radical (unpaired) electrons. The van der Waals surface area contributed by atoms with Gasteiger partial charge >= 0.3 is 6.09 Å². The van der Waals surface area contributed by atoms with E-state index in [4.69, 9.17) is 9.47 Å². The van der Waals surface area contributed by atoms with E-state index in [1.54, 1.807) is 18.2 Å². The molecule has 1 unspecified atom stereocenters. The zero-order valence-electron chi connectivity index (χ0n) is 14.6. The normalized spacial score (nSPS) is 15.9. The van der Waals surface area contributed by atoms with E-state index in [-0.39, 0.29) is 18.4 Å². The average molecular weight is 361 g/mol. The number of phenols is 1. The maximum absolute atomic E-state index is 11.4. The van der Waals surface area contributed by atoms with E-state index >= 15 is 0 Å². The molecule has 1 saturated heterocycles. The molecule has 27 heavy (non-hydrogen) atoms. The lowest BCUT2D eigenvalue weighted by atomic mass is 9.99. The van der Waals surface area contributed by atoms with Gasteiger partial charge in [-0.1, -0.05) is 54.6 Å². The Balaban J connectivity index is 1.67. The first-order chi connectivity index (χ1) is 13.2. The first-order valence-electron chi connectivity index (χ1n) is 8.72. The fourth-order valence-electron chi connectivity index (χ4n) is 3.10. The number of alkyl carbamates (subject to hydrolysis) is 1. The topological polar surface area (TPSA) is 67.8 Å². The molecule has 2 N–H and O–H groups in total. The highest BCUT2D eigenvalue weighted by Crippen LogP contribution is 2.34. The summed E-state index contributed by atoms with van der Waals surface area (Å²) >= 11 is 0. The number of aromatic hydroxyl groups is 1. The number of phenolic OH excluding ortho intramolecular Hbond substituents is 1. The number of ether oxygens (including phenoxy) is 2. The highest BCUT2D eigenvalue weighted by atomic mass is 16.6. The van der Waals surface area contributed by atoms with Crippen LogP contribution in [0.2, 0.25) is 0 Å². The van der Waals surface area contributed by atoms with Crippen LogP contribution in [0, 0.1) is 0 Å². The molecule has 1 atom stereocenters. The molecule has 0 spiro atoms. The van der Waals surface area contributed by atoms with Crippen LogP contribution in [-0.2, 0) is 11.3 Å². The maximum atomic E-state index is 11.4. The predicted octanol–water partition coefficient (Wildman–Crippen LogP) is 4.42. The van der Waals surface area contributed by atoms with Gasteiger partial charge in [0.05, 0.1) is 6.04 Å². The predicted molar refractivity (Wildman–Crippen MR) is 102 cm³/mol. The summed E-state index contributed by atoms with van der Waals surface area (Å²) in [6.45, 7) is 0.685. The van der Waals surface area contributed by atoms with Gasteiger partial charge in [0.2, 0.25) is 0 Å². The third-order valence-electron chi connectivity index (χ3n) is 4.48. The molecular weight excluding hydrogens is 342 g/mol. The molecule has 1 amide bonds. The number of amides is 1. The van der Waals surface area contributed by atoms with Crippen molar-refractivity contribution in [2.45, 2.75) is 12.6 Å². The van der Waals surface area contributed by atoms with E-state index in [9.17, 15) is 9.90 Å². The van der Waals surface area contributed by atoms with Crippen LogP contribution in [0.3, 0.4) is 0 Å². The first kappa shape index (κ1) is 17.0. The zero-order valence-corrected chi connectivity index (χ0v) is 14.6. The summed E-state index contributed by atoms with van der Waals surface area (Å²) in [7, 11) is 0. The van der Waals surface area contributed by atoms with E-state index in [1.807, 2.05) is 54.6 Å². The second-order valence-corrected chi connectivity index (χ2v) is 6.37. The number of rotatable bonds is 5. The molecule has 3 aromatic carbocycles. The van der Waals surface area contributed by atoms with E-state index in [1.165, 1.54) is 0 Å². The maximum Gasteiger partial charge on any atom is 0.407 e. The fraction of sp³-hybridized carbons (Fsp3) is 0.136. The number of cyclic esters (lactones) is 1. The van der Waals surface area contributed by atoms with Crippen LogP contribution in [0.4, 0.5) is 4.79 Å². The standard InChI is InChI=1S/C22H19NO4/c24-18-8-4-7-16(11-18)17-9-10-19(20-14-27-22(25)23-20)21(12-17)26-13-15-5-2-1-3-6-15/h1-12,20,24H,13-14H2,(H,23,25). The lowest BCUT2D eigenvalue weighted by Crippen LogP contribution is -2.19. The van der Waals surface area contributed by atoms with Crippen LogP contribution in [0.15, 0.2) is 72.8 Å². The summed E-state index contributed by atoms with van der Waals surface area (Å²) < 4.78 is 11.1. The largest absolute Gasteiger partial charge is 0.508 e. The molecule has 0 bridgehead atoms. The van der Waals surface area contributed by atoms with Crippen LogP contribution in [-0.4, -0.2) is 17.8 Å². The van der Waals surface area contributed by atoms with Crippen molar-refractivity contribution in [2.75, 3.05) is 6.61 Å². The van der Waals surface area contributed by atoms with Crippen LogP contribution in [0.25, 0.3) is 11.1 Å². The molecular formula is C22H19NO4. The van der Waals surface area contributed by atoms with Crippen LogP contribution in [0.5, 0.6) is 11.5 Å². The Morgan fingerprint density at radius 1 is 1.00 bits per heavy atom. The Morgan fingerprint density at radius 3 is 2.56 bits per heavy atom. The second kappa shape index (κ2) is 7.41. The van der Waals surface area contributed by atoms with Gasteiger partial charge in [-0.2, -0.15) is 0 Å². The number of hydrogen-bond acceptors (Lipinski definition) is 4. The van der Waals surface area contributed by atoms with Crippen molar-refractivity contribution in [2.24, 2.45) is 0 Å². The van der Waals surface area contributed by atoms with E-state index in [0.29, 0.717) is 12.4 Å². The van der Waals surface area contributed by atoms with Crippen molar-refractivity contribution >= 4 is 6.09 Å². The Bertz CT molecular complexity index is 956. The monoisotopic (exact) mass is 361 g/mol. The summed E-state index contributed by atoms with van der Waals surface area (Å²) in [6, 6.07) is 22.5. The molecule has 0 aliphatic carbocycles. The Labute approximate surface area is 157 Å². The van der Waals surface area contributed by atoms with Gasteiger partial charge in [-0.3, -0.25) is 0 Å². The number of benzene rings is 3. The van der Waals surface area contributed by atoms with Gasteiger partial charge in [-0.25, -0.2) is 4.79 Å². The minimum atomic E-state index is -0.425. The SMILES string of the molecule is O=C1NC(c2ccc(-c3cccc(O)c3)cc2OCc2ccccc2)CO1. The Kier molecular flexibility index (Phi) is 4.66. The highest BCUT2D eigenvalue weighted by Gasteiger charge is 2.26. The van der Waals surface area contributed by atoms with Crippen LogP contribution < -0.4 is 10.1 Å². The van der Waals surface area contributed by atoms with Gasteiger partial charge < -0.3 is 19.9 Å². The highest BCUT2D eigenvalue weighted by molar-refractivity contribution is 5.72. The Morgan fingerprint density at radius 2 is 1.81 bits per heavy atom.